The largest absolute Gasteiger partial charge is 0.272 e. The van der Waals surface area contributed by atoms with Crippen LogP contribution in [-0.2, 0) is 0 Å². The van der Waals surface area contributed by atoms with Crippen LogP contribution in [0.25, 0.3) is 22.2 Å². The Morgan fingerprint density at radius 2 is 1.72 bits per heavy atom. The van der Waals surface area contributed by atoms with Gasteiger partial charge < -0.3 is 0 Å². The highest BCUT2D eigenvalue weighted by Crippen LogP contribution is 2.26. The maximum Gasteiger partial charge on any atom is 0.272 e. The molecule has 1 heterocycles. The van der Waals surface area contributed by atoms with Crippen molar-refractivity contribution in [3.63, 3.8) is 0 Å². The minimum Gasteiger partial charge on any atom is -0.267 e. The predicted molar refractivity (Wildman–Crippen MR) is 118 cm³/mol. The Labute approximate surface area is 173 Å². The number of hydrogen-bond acceptors (Lipinski definition) is 3. The fourth-order valence-electron chi connectivity index (χ4n) is 3.01. The van der Waals surface area contributed by atoms with Crippen molar-refractivity contribution in [3.05, 3.63) is 101 Å². The van der Waals surface area contributed by atoms with Crippen LogP contribution in [0.15, 0.2) is 84.0 Å². The fraction of sp³-hybridized carbons (Fsp3) is 0.0417. The van der Waals surface area contributed by atoms with Crippen LogP contribution in [0.2, 0.25) is 5.02 Å². The molecule has 29 heavy (non-hydrogen) atoms. The van der Waals surface area contributed by atoms with Gasteiger partial charge in [-0.3, -0.25) is 4.79 Å². The van der Waals surface area contributed by atoms with Crippen LogP contribution >= 0.6 is 11.6 Å². The first-order chi connectivity index (χ1) is 14.1. The zero-order chi connectivity index (χ0) is 20.2. The highest BCUT2D eigenvalue weighted by molar-refractivity contribution is 6.30. The highest BCUT2D eigenvalue weighted by atomic mass is 35.5. The van der Waals surface area contributed by atoms with E-state index in [1.807, 2.05) is 67.6 Å². The number of carbonyl (C=O) groups excluding carboxylic acids is 1. The number of fused-ring (bicyclic) bond motifs is 1. The predicted octanol–water partition coefficient (Wildman–Crippen LogP) is 5.63. The first-order valence-electron chi connectivity index (χ1n) is 9.16. The second-order valence-electron chi connectivity index (χ2n) is 6.69. The molecule has 0 unspecified atom stereocenters. The maximum absolute atomic E-state index is 12.9. The monoisotopic (exact) mass is 399 g/mol. The SMILES string of the molecule is Cc1ccc(C=NNC(=O)c2cc(-c3ccc(Cl)cc3)nc3ccccc23)cc1. The smallest absolute Gasteiger partial charge is 0.267 e. The molecule has 5 heteroatoms. The number of nitrogens with zero attached hydrogens (tertiary/aromatic N) is 2. The van der Waals surface area contributed by atoms with Gasteiger partial charge in [-0.15, -0.1) is 0 Å². The standard InChI is InChI=1S/C24H18ClN3O/c1-16-6-8-17(9-7-16)15-26-28-24(29)21-14-23(18-10-12-19(25)13-11-18)27-22-5-3-2-4-20(21)22/h2-15H,1H3,(H,28,29). The average Bonchev–Trinajstić information content (AvgIpc) is 2.75. The highest BCUT2D eigenvalue weighted by Gasteiger charge is 2.13. The molecule has 0 fully saturated rings. The Morgan fingerprint density at radius 1 is 1.00 bits per heavy atom. The molecule has 0 aliphatic rings. The Balaban J connectivity index is 1.67. The molecule has 0 saturated carbocycles. The molecule has 0 radical (unpaired) electrons. The summed E-state index contributed by atoms with van der Waals surface area (Å²) in [7, 11) is 0. The molecule has 1 N–H and O–H groups in total. The molecular weight excluding hydrogens is 382 g/mol. The zero-order valence-electron chi connectivity index (χ0n) is 15.8. The van der Waals surface area contributed by atoms with Crippen LogP contribution in [0.3, 0.4) is 0 Å². The number of rotatable bonds is 4. The van der Waals surface area contributed by atoms with Gasteiger partial charge in [-0.05, 0) is 36.8 Å². The van der Waals surface area contributed by atoms with Crippen molar-refractivity contribution in [3.8, 4) is 11.3 Å². The van der Waals surface area contributed by atoms with Crippen LogP contribution in [0.4, 0.5) is 0 Å². The van der Waals surface area contributed by atoms with Crippen molar-refractivity contribution >= 4 is 34.6 Å². The van der Waals surface area contributed by atoms with Gasteiger partial charge in [-0.1, -0.05) is 71.8 Å². The van der Waals surface area contributed by atoms with E-state index in [0.717, 1.165) is 22.0 Å². The quantitative estimate of drug-likeness (QED) is 0.357. The molecule has 4 rings (SSSR count). The summed E-state index contributed by atoms with van der Waals surface area (Å²) < 4.78 is 0. The van der Waals surface area contributed by atoms with E-state index in [4.69, 9.17) is 16.6 Å². The van der Waals surface area contributed by atoms with Gasteiger partial charge in [0.1, 0.15) is 0 Å². The van der Waals surface area contributed by atoms with Gasteiger partial charge in [0.15, 0.2) is 0 Å². The second kappa shape index (κ2) is 8.25. The minimum absolute atomic E-state index is 0.290. The Hall–Kier alpha value is -3.50. The molecule has 4 nitrogen and oxygen atoms in total. The molecule has 1 aromatic heterocycles. The van der Waals surface area contributed by atoms with Crippen molar-refractivity contribution in [2.45, 2.75) is 6.92 Å². The third kappa shape index (κ3) is 4.33. The lowest BCUT2D eigenvalue weighted by molar-refractivity contribution is 0.0956. The Morgan fingerprint density at radius 3 is 2.48 bits per heavy atom. The number of amides is 1. The van der Waals surface area contributed by atoms with Crippen LogP contribution in [0.1, 0.15) is 21.5 Å². The van der Waals surface area contributed by atoms with Gasteiger partial charge in [-0.2, -0.15) is 5.10 Å². The molecule has 142 valence electrons. The number of para-hydroxylation sites is 1. The first kappa shape index (κ1) is 18.8. The Bertz CT molecular complexity index is 1200. The van der Waals surface area contributed by atoms with E-state index in [2.05, 4.69) is 10.5 Å². The van der Waals surface area contributed by atoms with Crippen LogP contribution < -0.4 is 5.43 Å². The van der Waals surface area contributed by atoms with E-state index in [9.17, 15) is 4.79 Å². The molecule has 0 bridgehead atoms. The van der Waals surface area contributed by atoms with Gasteiger partial charge in [-0.25, -0.2) is 10.4 Å². The maximum atomic E-state index is 12.9. The lowest BCUT2D eigenvalue weighted by atomic mass is 10.0. The van der Waals surface area contributed by atoms with Gasteiger partial charge in [0, 0.05) is 16.0 Å². The van der Waals surface area contributed by atoms with Crippen LogP contribution in [0, 0.1) is 6.92 Å². The normalized spacial score (nSPS) is 11.1. The summed E-state index contributed by atoms with van der Waals surface area (Å²) in [4.78, 5) is 17.6. The van der Waals surface area contributed by atoms with E-state index in [-0.39, 0.29) is 5.91 Å². The number of halogens is 1. The molecule has 4 aromatic rings. The molecule has 0 atom stereocenters. The van der Waals surface area contributed by atoms with Crippen LogP contribution in [0.5, 0.6) is 0 Å². The second-order valence-corrected chi connectivity index (χ2v) is 7.13. The average molecular weight is 400 g/mol. The molecule has 0 spiro atoms. The molecule has 0 aliphatic heterocycles. The van der Waals surface area contributed by atoms with Crippen molar-refractivity contribution in [1.82, 2.24) is 10.4 Å². The van der Waals surface area contributed by atoms with Gasteiger partial charge >= 0.3 is 0 Å². The van der Waals surface area contributed by atoms with Crippen LogP contribution in [-0.4, -0.2) is 17.1 Å². The molecular formula is C24H18ClN3O. The number of hydrazone groups is 1. The summed E-state index contributed by atoms with van der Waals surface area (Å²) >= 11 is 5.99. The van der Waals surface area contributed by atoms with E-state index in [0.29, 0.717) is 16.3 Å². The lowest BCUT2D eigenvalue weighted by Crippen LogP contribution is -2.18. The molecule has 0 aliphatic carbocycles. The zero-order valence-corrected chi connectivity index (χ0v) is 16.5. The molecule has 1 amide bonds. The number of hydrogen-bond donors (Lipinski definition) is 1. The molecule has 3 aromatic carbocycles. The number of nitrogens with one attached hydrogen (secondary N) is 1. The lowest BCUT2D eigenvalue weighted by Gasteiger charge is -2.09. The van der Waals surface area contributed by atoms with Crippen molar-refractivity contribution in [2.24, 2.45) is 5.10 Å². The summed E-state index contributed by atoms with van der Waals surface area (Å²) in [6, 6.07) is 24.6. The summed E-state index contributed by atoms with van der Waals surface area (Å²) in [5.41, 5.74) is 7.56. The van der Waals surface area contributed by atoms with Crippen molar-refractivity contribution in [2.75, 3.05) is 0 Å². The fourth-order valence-corrected chi connectivity index (χ4v) is 3.14. The van der Waals surface area contributed by atoms with Crippen molar-refractivity contribution in [1.29, 1.82) is 0 Å². The van der Waals surface area contributed by atoms with E-state index in [1.165, 1.54) is 5.56 Å². The van der Waals surface area contributed by atoms with Gasteiger partial charge in [0.25, 0.3) is 5.91 Å². The van der Waals surface area contributed by atoms with E-state index < -0.39 is 0 Å². The van der Waals surface area contributed by atoms with E-state index in [1.54, 1.807) is 24.4 Å². The third-order valence-corrected chi connectivity index (χ3v) is 4.81. The number of carbonyl (C=O) groups is 1. The number of pyridine rings is 1. The first-order valence-corrected chi connectivity index (χ1v) is 9.54. The number of aryl methyl sites for hydroxylation is 1. The summed E-state index contributed by atoms with van der Waals surface area (Å²) in [6.07, 6.45) is 1.63. The molecule has 0 saturated heterocycles. The summed E-state index contributed by atoms with van der Waals surface area (Å²) in [5.74, 6) is -0.290. The topological polar surface area (TPSA) is 54.4 Å². The summed E-state index contributed by atoms with van der Waals surface area (Å²) in [5, 5.41) is 5.53. The Kier molecular flexibility index (Phi) is 5.36. The minimum atomic E-state index is -0.290. The van der Waals surface area contributed by atoms with Gasteiger partial charge in [0.2, 0.25) is 0 Å². The summed E-state index contributed by atoms with van der Waals surface area (Å²) in [6.45, 7) is 2.02. The van der Waals surface area contributed by atoms with Gasteiger partial charge in [0.05, 0.1) is 23.0 Å². The van der Waals surface area contributed by atoms with E-state index >= 15 is 0 Å². The van der Waals surface area contributed by atoms with Crippen molar-refractivity contribution < 1.29 is 4.79 Å². The number of benzene rings is 3. The number of aromatic nitrogens is 1. The third-order valence-electron chi connectivity index (χ3n) is 4.56.